The second kappa shape index (κ2) is 4.69. The summed E-state index contributed by atoms with van der Waals surface area (Å²) in [7, 11) is 1.99. The Morgan fingerprint density at radius 1 is 1.33 bits per heavy atom. The van der Waals surface area contributed by atoms with Gasteiger partial charge >= 0.3 is 0 Å². The number of rotatable bonds is 4. The van der Waals surface area contributed by atoms with E-state index in [2.05, 4.69) is 45.0 Å². The van der Waals surface area contributed by atoms with Crippen molar-refractivity contribution >= 4 is 5.69 Å². The van der Waals surface area contributed by atoms with E-state index in [1.807, 2.05) is 11.7 Å². The van der Waals surface area contributed by atoms with Gasteiger partial charge in [-0.1, -0.05) is 20.3 Å². The third-order valence-electron chi connectivity index (χ3n) is 3.38. The Morgan fingerprint density at radius 3 is 2.33 bits per heavy atom. The highest BCUT2D eigenvalue weighted by molar-refractivity contribution is 5.52. The Bertz CT molecular complexity index is 328. The average Bonchev–Trinajstić information content (AvgIpc) is 2.43. The molecular formula is C12H23N3. The zero-order valence-electron chi connectivity index (χ0n) is 10.8. The molecule has 1 N–H and O–H groups in total. The van der Waals surface area contributed by atoms with E-state index in [0.29, 0.717) is 12.0 Å². The molecule has 0 spiro atoms. The SMILES string of the molecule is CCC(C)C(C)Nc1c(C)nn(C)c1C. The van der Waals surface area contributed by atoms with Gasteiger partial charge in [0.25, 0.3) is 0 Å². The van der Waals surface area contributed by atoms with Crippen LogP contribution in [0.5, 0.6) is 0 Å². The molecule has 1 heterocycles. The zero-order chi connectivity index (χ0) is 11.6. The maximum Gasteiger partial charge on any atom is 0.0827 e. The number of anilines is 1. The first-order chi connectivity index (χ1) is 6.97. The standard InChI is InChI=1S/C12H23N3/c1-7-8(2)9(3)13-12-10(4)14-15(6)11(12)5/h8-9,13H,7H2,1-6H3. The van der Waals surface area contributed by atoms with Gasteiger partial charge < -0.3 is 5.32 Å². The Balaban J connectivity index is 2.80. The molecule has 0 bridgehead atoms. The molecule has 0 fully saturated rings. The summed E-state index contributed by atoms with van der Waals surface area (Å²) in [6.07, 6.45) is 1.20. The van der Waals surface area contributed by atoms with E-state index in [1.165, 1.54) is 17.8 Å². The minimum atomic E-state index is 0.497. The van der Waals surface area contributed by atoms with Crippen LogP contribution in [0.2, 0.25) is 0 Å². The maximum atomic E-state index is 4.40. The van der Waals surface area contributed by atoms with Crippen molar-refractivity contribution in [2.75, 3.05) is 5.32 Å². The highest BCUT2D eigenvalue weighted by Crippen LogP contribution is 2.21. The summed E-state index contributed by atoms with van der Waals surface area (Å²) in [6.45, 7) is 10.9. The number of nitrogens with one attached hydrogen (secondary N) is 1. The summed E-state index contributed by atoms with van der Waals surface area (Å²) in [4.78, 5) is 0. The minimum Gasteiger partial charge on any atom is -0.379 e. The van der Waals surface area contributed by atoms with E-state index >= 15 is 0 Å². The molecule has 1 aromatic heterocycles. The first kappa shape index (κ1) is 12.1. The molecule has 15 heavy (non-hydrogen) atoms. The van der Waals surface area contributed by atoms with Crippen molar-refractivity contribution < 1.29 is 0 Å². The summed E-state index contributed by atoms with van der Waals surface area (Å²) < 4.78 is 1.93. The number of aryl methyl sites for hydroxylation is 2. The molecule has 2 unspecified atom stereocenters. The molecule has 0 aliphatic carbocycles. The van der Waals surface area contributed by atoms with E-state index in [-0.39, 0.29) is 0 Å². The van der Waals surface area contributed by atoms with Crippen LogP contribution in [0.25, 0.3) is 0 Å². The van der Waals surface area contributed by atoms with Gasteiger partial charge in [-0.15, -0.1) is 0 Å². The van der Waals surface area contributed by atoms with Gasteiger partial charge in [-0.05, 0) is 26.7 Å². The first-order valence-corrected chi connectivity index (χ1v) is 5.74. The third kappa shape index (κ3) is 2.52. The van der Waals surface area contributed by atoms with Crippen LogP contribution >= 0.6 is 0 Å². The van der Waals surface area contributed by atoms with Crippen LogP contribution in [0.15, 0.2) is 0 Å². The van der Waals surface area contributed by atoms with E-state index in [9.17, 15) is 0 Å². The Labute approximate surface area is 92.9 Å². The normalized spacial score (nSPS) is 15.1. The van der Waals surface area contributed by atoms with Crippen LogP contribution in [-0.2, 0) is 7.05 Å². The minimum absolute atomic E-state index is 0.497. The van der Waals surface area contributed by atoms with Gasteiger partial charge in [0.05, 0.1) is 17.1 Å². The molecule has 0 aromatic carbocycles. The highest BCUT2D eigenvalue weighted by atomic mass is 15.3. The van der Waals surface area contributed by atoms with Crippen molar-refractivity contribution in [2.45, 2.75) is 47.1 Å². The molecule has 0 saturated heterocycles. The fraction of sp³-hybridized carbons (Fsp3) is 0.750. The van der Waals surface area contributed by atoms with Crippen LogP contribution in [0, 0.1) is 19.8 Å². The Hall–Kier alpha value is -0.990. The number of hydrogen-bond donors (Lipinski definition) is 1. The van der Waals surface area contributed by atoms with E-state index in [1.54, 1.807) is 0 Å². The van der Waals surface area contributed by atoms with Gasteiger partial charge in [-0.2, -0.15) is 5.10 Å². The smallest absolute Gasteiger partial charge is 0.0827 e. The lowest BCUT2D eigenvalue weighted by molar-refractivity contribution is 0.494. The Kier molecular flexibility index (Phi) is 3.77. The van der Waals surface area contributed by atoms with E-state index < -0.39 is 0 Å². The van der Waals surface area contributed by atoms with Crippen molar-refractivity contribution in [3.63, 3.8) is 0 Å². The Morgan fingerprint density at radius 2 is 1.93 bits per heavy atom. The highest BCUT2D eigenvalue weighted by Gasteiger charge is 2.14. The largest absolute Gasteiger partial charge is 0.379 e. The fourth-order valence-electron chi connectivity index (χ4n) is 1.71. The van der Waals surface area contributed by atoms with Crippen LogP contribution in [-0.4, -0.2) is 15.8 Å². The molecule has 0 aliphatic rings. The van der Waals surface area contributed by atoms with Gasteiger partial charge in [-0.25, -0.2) is 0 Å². The lowest BCUT2D eigenvalue weighted by Crippen LogP contribution is -2.23. The molecule has 2 atom stereocenters. The second-order valence-electron chi connectivity index (χ2n) is 4.49. The van der Waals surface area contributed by atoms with Crippen LogP contribution < -0.4 is 5.32 Å². The predicted molar refractivity (Wildman–Crippen MR) is 65.2 cm³/mol. The summed E-state index contributed by atoms with van der Waals surface area (Å²) in [5, 5.41) is 7.97. The van der Waals surface area contributed by atoms with Crippen LogP contribution in [0.1, 0.15) is 38.6 Å². The van der Waals surface area contributed by atoms with Crippen molar-refractivity contribution in [3.05, 3.63) is 11.4 Å². The van der Waals surface area contributed by atoms with Gasteiger partial charge in [0.15, 0.2) is 0 Å². The number of aromatic nitrogens is 2. The first-order valence-electron chi connectivity index (χ1n) is 5.74. The molecule has 0 aliphatic heterocycles. The number of hydrogen-bond acceptors (Lipinski definition) is 2. The molecule has 1 rings (SSSR count). The second-order valence-corrected chi connectivity index (χ2v) is 4.49. The third-order valence-corrected chi connectivity index (χ3v) is 3.38. The quantitative estimate of drug-likeness (QED) is 0.826. The van der Waals surface area contributed by atoms with Crippen LogP contribution in [0.3, 0.4) is 0 Å². The van der Waals surface area contributed by atoms with Crippen molar-refractivity contribution in [3.8, 4) is 0 Å². The summed E-state index contributed by atoms with van der Waals surface area (Å²) in [5.74, 6) is 0.684. The molecule has 3 nitrogen and oxygen atoms in total. The lowest BCUT2D eigenvalue weighted by atomic mass is 10.0. The average molecular weight is 209 g/mol. The molecule has 0 saturated carbocycles. The van der Waals surface area contributed by atoms with Crippen LogP contribution in [0.4, 0.5) is 5.69 Å². The van der Waals surface area contributed by atoms with Crippen molar-refractivity contribution in [1.82, 2.24) is 9.78 Å². The predicted octanol–water partition coefficient (Wildman–Crippen LogP) is 2.88. The van der Waals surface area contributed by atoms with Crippen molar-refractivity contribution in [2.24, 2.45) is 13.0 Å². The maximum absolute atomic E-state index is 4.40. The van der Waals surface area contributed by atoms with E-state index in [4.69, 9.17) is 0 Å². The molecule has 1 aromatic rings. The molecular weight excluding hydrogens is 186 g/mol. The molecule has 0 amide bonds. The van der Waals surface area contributed by atoms with Crippen molar-refractivity contribution in [1.29, 1.82) is 0 Å². The molecule has 86 valence electrons. The van der Waals surface area contributed by atoms with Gasteiger partial charge in [0.2, 0.25) is 0 Å². The van der Waals surface area contributed by atoms with Gasteiger partial charge in [0, 0.05) is 13.1 Å². The summed E-state index contributed by atoms with van der Waals surface area (Å²) >= 11 is 0. The van der Waals surface area contributed by atoms with Gasteiger partial charge in [-0.3, -0.25) is 4.68 Å². The summed E-state index contributed by atoms with van der Waals surface area (Å²) in [6, 6.07) is 0.497. The topological polar surface area (TPSA) is 29.9 Å². The summed E-state index contributed by atoms with van der Waals surface area (Å²) in [5.41, 5.74) is 3.50. The lowest BCUT2D eigenvalue weighted by Gasteiger charge is -2.21. The number of nitrogens with zero attached hydrogens (tertiary/aromatic N) is 2. The zero-order valence-corrected chi connectivity index (χ0v) is 10.8. The fourth-order valence-corrected chi connectivity index (χ4v) is 1.71. The molecule has 0 radical (unpaired) electrons. The molecule has 3 heteroatoms. The van der Waals surface area contributed by atoms with Gasteiger partial charge in [0.1, 0.15) is 0 Å². The monoisotopic (exact) mass is 209 g/mol. The van der Waals surface area contributed by atoms with E-state index in [0.717, 1.165) is 5.69 Å².